The normalized spacial score (nSPS) is 19.7. The third-order valence-electron chi connectivity index (χ3n) is 2.94. The van der Waals surface area contributed by atoms with Crippen molar-refractivity contribution in [3.63, 3.8) is 0 Å². The molecule has 1 aromatic carbocycles. The van der Waals surface area contributed by atoms with Crippen LogP contribution in [-0.2, 0) is 0 Å². The van der Waals surface area contributed by atoms with Crippen molar-refractivity contribution in [1.29, 1.82) is 0 Å². The highest BCUT2D eigenvalue weighted by atomic mass is 19.1. The Morgan fingerprint density at radius 2 is 2.35 bits per heavy atom. The number of fused-ring (bicyclic) bond motifs is 1. The summed E-state index contributed by atoms with van der Waals surface area (Å²) in [5.41, 5.74) is 0.633. The molecule has 2 N–H and O–H groups in total. The highest BCUT2D eigenvalue weighted by Gasteiger charge is 2.14. The number of anilines is 1. The van der Waals surface area contributed by atoms with Gasteiger partial charge in [-0.25, -0.2) is 14.4 Å². The van der Waals surface area contributed by atoms with Crippen molar-refractivity contribution in [3.8, 4) is 0 Å². The Balaban J connectivity index is 1.89. The molecule has 0 aliphatic carbocycles. The summed E-state index contributed by atoms with van der Waals surface area (Å²) in [6.45, 7) is 1.93. The Hall–Kier alpha value is -1.75. The first kappa shape index (κ1) is 10.4. The number of nitrogens with one attached hydrogen (secondary N) is 2. The summed E-state index contributed by atoms with van der Waals surface area (Å²) in [5, 5.41) is 7.35. The SMILES string of the molecule is Fc1ccc2cnc(NC3CCNC3)nc2c1. The Morgan fingerprint density at radius 1 is 1.41 bits per heavy atom. The van der Waals surface area contributed by atoms with Crippen LogP contribution >= 0.6 is 0 Å². The van der Waals surface area contributed by atoms with Crippen LogP contribution in [0.5, 0.6) is 0 Å². The molecule has 0 radical (unpaired) electrons. The van der Waals surface area contributed by atoms with Crippen LogP contribution in [0, 0.1) is 5.82 Å². The molecule has 4 nitrogen and oxygen atoms in total. The number of nitrogens with zero attached hydrogens (tertiary/aromatic N) is 2. The van der Waals surface area contributed by atoms with Crippen LogP contribution in [-0.4, -0.2) is 29.1 Å². The number of rotatable bonds is 2. The lowest BCUT2D eigenvalue weighted by Crippen LogP contribution is -2.23. The molecule has 2 heterocycles. The van der Waals surface area contributed by atoms with Gasteiger partial charge in [-0.3, -0.25) is 0 Å². The molecule has 1 atom stereocenters. The van der Waals surface area contributed by atoms with Crippen molar-refractivity contribution in [3.05, 3.63) is 30.2 Å². The van der Waals surface area contributed by atoms with Crippen LogP contribution in [0.2, 0.25) is 0 Å². The zero-order valence-corrected chi connectivity index (χ0v) is 9.28. The molecular formula is C12H13FN4. The van der Waals surface area contributed by atoms with Gasteiger partial charge in [0.15, 0.2) is 0 Å². The molecule has 5 heteroatoms. The van der Waals surface area contributed by atoms with Gasteiger partial charge in [0.25, 0.3) is 0 Å². The van der Waals surface area contributed by atoms with Crippen LogP contribution in [0.25, 0.3) is 10.9 Å². The van der Waals surface area contributed by atoms with Crippen molar-refractivity contribution in [2.75, 3.05) is 18.4 Å². The monoisotopic (exact) mass is 232 g/mol. The van der Waals surface area contributed by atoms with Crippen LogP contribution in [0.3, 0.4) is 0 Å². The zero-order chi connectivity index (χ0) is 11.7. The first-order chi connectivity index (χ1) is 8.31. The predicted molar refractivity (Wildman–Crippen MR) is 64.4 cm³/mol. The topological polar surface area (TPSA) is 49.8 Å². The number of aromatic nitrogens is 2. The molecule has 0 bridgehead atoms. The highest BCUT2D eigenvalue weighted by Crippen LogP contribution is 2.15. The lowest BCUT2D eigenvalue weighted by molar-refractivity contribution is 0.629. The molecular weight excluding hydrogens is 219 g/mol. The van der Waals surface area contributed by atoms with E-state index in [0.717, 1.165) is 24.9 Å². The van der Waals surface area contributed by atoms with Crippen molar-refractivity contribution in [2.24, 2.45) is 0 Å². The van der Waals surface area contributed by atoms with Gasteiger partial charge < -0.3 is 10.6 Å². The van der Waals surface area contributed by atoms with E-state index in [0.29, 0.717) is 17.5 Å². The van der Waals surface area contributed by atoms with Gasteiger partial charge in [0.2, 0.25) is 5.95 Å². The minimum Gasteiger partial charge on any atom is -0.350 e. The Morgan fingerprint density at radius 3 is 3.18 bits per heavy atom. The molecule has 1 aliphatic heterocycles. The van der Waals surface area contributed by atoms with E-state index in [-0.39, 0.29) is 5.82 Å². The van der Waals surface area contributed by atoms with E-state index in [1.807, 2.05) is 0 Å². The highest BCUT2D eigenvalue weighted by molar-refractivity contribution is 5.78. The third kappa shape index (κ3) is 2.19. The first-order valence-electron chi connectivity index (χ1n) is 5.71. The van der Waals surface area contributed by atoms with E-state index in [1.54, 1.807) is 12.3 Å². The van der Waals surface area contributed by atoms with E-state index in [1.165, 1.54) is 12.1 Å². The van der Waals surface area contributed by atoms with Crippen LogP contribution in [0.15, 0.2) is 24.4 Å². The second-order valence-corrected chi connectivity index (χ2v) is 4.23. The maximum atomic E-state index is 13.1. The maximum absolute atomic E-state index is 13.1. The molecule has 1 aliphatic rings. The molecule has 88 valence electrons. The molecule has 1 unspecified atom stereocenters. The minimum atomic E-state index is -0.273. The zero-order valence-electron chi connectivity index (χ0n) is 9.28. The van der Waals surface area contributed by atoms with E-state index in [2.05, 4.69) is 20.6 Å². The van der Waals surface area contributed by atoms with E-state index in [9.17, 15) is 4.39 Å². The summed E-state index contributed by atoms with van der Waals surface area (Å²) in [7, 11) is 0. The molecule has 0 amide bonds. The van der Waals surface area contributed by atoms with Crippen molar-refractivity contribution in [1.82, 2.24) is 15.3 Å². The van der Waals surface area contributed by atoms with Gasteiger partial charge in [0, 0.05) is 30.2 Å². The number of hydrogen-bond acceptors (Lipinski definition) is 4. The first-order valence-corrected chi connectivity index (χ1v) is 5.71. The van der Waals surface area contributed by atoms with Crippen molar-refractivity contribution in [2.45, 2.75) is 12.5 Å². The fourth-order valence-electron chi connectivity index (χ4n) is 2.03. The average Bonchev–Trinajstić information content (AvgIpc) is 2.81. The number of hydrogen-bond donors (Lipinski definition) is 2. The Kier molecular flexibility index (Phi) is 2.60. The van der Waals surface area contributed by atoms with Crippen LogP contribution in [0.4, 0.5) is 10.3 Å². The molecule has 2 aromatic rings. The molecule has 17 heavy (non-hydrogen) atoms. The number of halogens is 1. The van der Waals surface area contributed by atoms with Crippen molar-refractivity contribution < 1.29 is 4.39 Å². The summed E-state index contributed by atoms with van der Waals surface area (Å²) in [6, 6.07) is 4.89. The fourth-order valence-corrected chi connectivity index (χ4v) is 2.03. The van der Waals surface area contributed by atoms with Crippen LogP contribution in [0.1, 0.15) is 6.42 Å². The number of benzene rings is 1. The minimum absolute atomic E-state index is 0.273. The van der Waals surface area contributed by atoms with E-state index < -0.39 is 0 Å². The molecule has 0 saturated carbocycles. The largest absolute Gasteiger partial charge is 0.350 e. The molecule has 1 aromatic heterocycles. The molecule has 3 rings (SSSR count). The summed E-state index contributed by atoms with van der Waals surface area (Å²) >= 11 is 0. The second kappa shape index (κ2) is 4.25. The maximum Gasteiger partial charge on any atom is 0.223 e. The smallest absolute Gasteiger partial charge is 0.223 e. The fraction of sp³-hybridized carbons (Fsp3) is 0.333. The summed E-state index contributed by atoms with van der Waals surface area (Å²) in [5.74, 6) is 0.293. The Labute approximate surface area is 98.3 Å². The van der Waals surface area contributed by atoms with Gasteiger partial charge in [0.1, 0.15) is 5.82 Å². The summed E-state index contributed by atoms with van der Waals surface area (Å²) in [6.07, 6.45) is 2.77. The van der Waals surface area contributed by atoms with E-state index in [4.69, 9.17) is 0 Å². The third-order valence-corrected chi connectivity index (χ3v) is 2.94. The van der Waals surface area contributed by atoms with Gasteiger partial charge in [0.05, 0.1) is 5.52 Å². The molecule has 1 fully saturated rings. The predicted octanol–water partition coefficient (Wildman–Crippen LogP) is 1.54. The van der Waals surface area contributed by atoms with Crippen molar-refractivity contribution >= 4 is 16.9 Å². The van der Waals surface area contributed by atoms with Gasteiger partial charge in [-0.05, 0) is 25.1 Å². The van der Waals surface area contributed by atoms with Gasteiger partial charge in [-0.15, -0.1) is 0 Å². The lowest BCUT2D eigenvalue weighted by Gasteiger charge is -2.11. The van der Waals surface area contributed by atoms with Gasteiger partial charge in [-0.2, -0.15) is 0 Å². The Bertz CT molecular complexity index is 537. The van der Waals surface area contributed by atoms with Gasteiger partial charge in [-0.1, -0.05) is 0 Å². The average molecular weight is 232 g/mol. The molecule has 1 saturated heterocycles. The van der Waals surface area contributed by atoms with Crippen LogP contribution < -0.4 is 10.6 Å². The molecule has 0 spiro atoms. The summed E-state index contributed by atoms with van der Waals surface area (Å²) < 4.78 is 13.1. The van der Waals surface area contributed by atoms with E-state index >= 15 is 0 Å². The summed E-state index contributed by atoms with van der Waals surface area (Å²) in [4.78, 5) is 8.54. The second-order valence-electron chi connectivity index (χ2n) is 4.23. The quantitative estimate of drug-likeness (QED) is 0.824. The van der Waals surface area contributed by atoms with Gasteiger partial charge >= 0.3 is 0 Å². The lowest BCUT2D eigenvalue weighted by atomic mass is 10.2. The standard InChI is InChI=1S/C12H13FN4/c13-9-2-1-8-6-15-12(17-11(8)5-9)16-10-3-4-14-7-10/h1-2,5-6,10,14H,3-4,7H2,(H,15,16,17).